The molecule has 0 amide bonds. The van der Waals surface area contributed by atoms with Crippen molar-refractivity contribution in [1.29, 1.82) is 0 Å². The van der Waals surface area contributed by atoms with Crippen LogP contribution in [-0.2, 0) is 0 Å². The maximum atomic E-state index is 11.1. The number of carboxylic acid groups (broad SMARTS) is 1. The molecular weight excluding hydrogens is 401 g/mol. The van der Waals surface area contributed by atoms with Crippen LogP contribution in [0.3, 0.4) is 0 Å². The number of benzene rings is 1. The van der Waals surface area contributed by atoms with Gasteiger partial charge in [-0.2, -0.15) is 0 Å². The third kappa shape index (κ3) is 3.46. The van der Waals surface area contributed by atoms with Gasteiger partial charge >= 0.3 is 5.97 Å². The van der Waals surface area contributed by atoms with Gasteiger partial charge in [-0.05, 0) is 56.1 Å². The molecule has 0 spiro atoms. The van der Waals surface area contributed by atoms with Crippen LogP contribution in [0.1, 0.15) is 10.4 Å². The Bertz CT molecular complexity index is 649. The first-order valence-electron chi connectivity index (χ1n) is 4.99. The molecule has 0 aliphatic rings. The molecule has 0 radical (unpaired) electrons. The molecule has 2 rings (SSSR count). The third-order valence-electron chi connectivity index (χ3n) is 2.15. The third-order valence-corrected chi connectivity index (χ3v) is 3.44. The van der Waals surface area contributed by atoms with Crippen LogP contribution in [0.2, 0.25) is 5.02 Å². The normalized spacial score (nSPS) is 10.3. The summed E-state index contributed by atoms with van der Waals surface area (Å²) in [6, 6.07) is 6.34. The number of carbonyl (C=O) groups is 1. The van der Waals surface area contributed by atoms with E-state index in [2.05, 4.69) is 36.8 Å². The number of aromatic nitrogens is 1. The molecule has 19 heavy (non-hydrogen) atoms. The fourth-order valence-electron chi connectivity index (χ4n) is 1.32. The van der Waals surface area contributed by atoms with Gasteiger partial charge in [-0.15, -0.1) is 0 Å². The van der Waals surface area contributed by atoms with Crippen LogP contribution in [0.25, 0.3) is 0 Å². The molecule has 0 bridgehead atoms. The second-order valence-electron chi connectivity index (χ2n) is 3.49. The second-order valence-corrected chi connectivity index (χ2v) is 5.69. The summed E-state index contributed by atoms with van der Waals surface area (Å²) < 4.78 is 6.67. The van der Waals surface area contributed by atoms with Crippen LogP contribution in [0.5, 0.6) is 11.6 Å². The number of rotatable bonds is 3. The van der Waals surface area contributed by atoms with Crippen molar-refractivity contribution in [3.05, 3.63) is 50.0 Å². The molecule has 0 aliphatic heterocycles. The maximum Gasteiger partial charge on any atom is 0.341 e. The Morgan fingerprint density at radius 3 is 2.68 bits per heavy atom. The fourth-order valence-corrected chi connectivity index (χ4v) is 2.42. The topological polar surface area (TPSA) is 59.4 Å². The number of aromatic carboxylic acids is 1. The minimum atomic E-state index is -1.12. The van der Waals surface area contributed by atoms with Crippen molar-refractivity contribution in [2.24, 2.45) is 0 Å². The van der Waals surface area contributed by atoms with Crippen molar-refractivity contribution < 1.29 is 14.6 Å². The Labute approximate surface area is 130 Å². The first-order valence-corrected chi connectivity index (χ1v) is 6.95. The summed E-state index contributed by atoms with van der Waals surface area (Å²) in [5.41, 5.74) is -0.0313. The second kappa shape index (κ2) is 5.90. The lowest BCUT2D eigenvalue weighted by Gasteiger charge is -2.09. The summed E-state index contributed by atoms with van der Waals surface area (Å²) >= 11 is 12.3. The van der Waals surface area contributed by atoms with E-state index < -0.39 is 5.97 Å². The van der Waals surface area contributed by atoms with Crippen LogP contribution < -0.4 is 4.74 Å². The van der Waals surface area contributed by atoms with Crippen molar-refractivity contribution in [3.63, 3.8) is 0 Å². The molecule has 0 fully saturated rings. The van der Waals surface area contributed by atoms with Crippen LogP contribution >= 0.6 is 43.5 Å². The lowest BCUT2D eigenvalue weighted by molar-refractivity contribution is 0.0693. The summed E-state index contributed by atoms with van der Waals surface area (Å²) in [4.78, 5) is 15.1. The minimum Gasteiger partial charge on any atom is -0.477 e. The summed E-state index contributed by atoms with van der Waals surface area (Å²) in [5, 5.41) is 9.65. The number of pyridine rings is 1. The lowest BCUT2D eigenvalue weighted by atomic mass is 10.3. The van der Waals surface area contributed by atoms with Crippen molar-refractivity contribution >= 4 is 49.4 Å². The van der Waals surface area contributed by atoms with Gasteiger partial charge in [0.25, 0.3) is 0 Å². The van der Waals surface area contributed by atoms with Gasteiger partial charge < -0.3 is 9.84 Å². The molecule has 0 aliphatic carbocycles. The molecule has 4 nitrogen and oxygen atoms in total. The highest BCUT2D eigenvalue weighted by Crippen LogP contribution is 2.33. The molecule has 2 aromatic rings. The van der Waals surface area contributed by atoms with Crippen molar-refractivity contribution in [3.8, 4) is 11.6 Å². The van der Waals surface area contributed by atoms with E-state index in [-0.39, 0.29) is 11.4 Å². The molecule has 1 aromatic carbocycles. The van der Waals surface area contributed by atoms with E-state index in [0.717, 1.165) is 0 Å². The molecule has 0 unspecified atom stereocenters. The molecule has 1 N–H and O–H groups in total. The van der Waals surface area contributed by atoms with Crippen LogP contribution in [0, 0.1) is 0 Å². The van der Waals surface area contributed by atoms with E-state index in [9.17, 15) is 4.79 Å². The van der Waals surface area contributed by atoms with Gasteiger partial charge in [-0.3, -0.25) is 0 Å². The standard InChI is InChI=1S/C12H6Br2ClNO3/c13-6-3-8(12(17)18)11(16-5-6)19-10-2-1-7(15)4-9(10)14/h1-5H,(H,17,18). The van der Waals surface area contributed by atoms with Gasteiger partial charge in [0.15, 0.2) is 0 Å². The summed E-state index contributed by atoms with van der Waals surface area (Å²) in [6.07, 6.45) is 1.46. The minimum absolute atomic E-state index is 0.0127. The number of halogens is 3. The number of ether oxygens (including phenoxy) is 1. The lowest BCUT2D eigenvalue weighted by Crippen LogP contribution is -2.02. The predicted molar refractivity (Wildman–Crippen MR) is 78.1 cm³/mol. The summed E-state index contributed by atoms with van der Waals surface area (Å²) in [5.74, 6) is -0.672. The highest BCUT2D eigenvalue weighted by molar-refractivity contribution is 9.10. The predicted octanol–water partition coefficient (Wildman–Crippen LogP) is 4.75. The Balaban J connectivity index is 2.40. The summed E-state index contributed by atoms with van der Waals surface area (Å²) in [6.45, 7) is 0. The zero-order valence-electron chi connectivity index (χ0n) is 9.23. The first-order chi connectivity index (χ1) is 8.97. The smallest absolute Gasteiger partial charge is 0.341 e. The largest absolute Gasteiger partial charge is 0.477 e. The SMILES string of the molecule is O=C(O)c1cc(Br)cnc1Oc1ccc(Cl)cc1Br. The van der Waals surface area contributed by atoms with Crippen molar-refractivity contribution in [2.45, 2.75) is 0 Å². The van der Waals surface area contributed by atoms with Gasteiger partial charge in [-0.1, -0.05) is 11.6 Å². The molecule has 1 aromatic heterocycles. The van der Waals surface area contributed by atoms with E-state index in [1.165, 1.54) is 12.3 Å². The highest BCUT2D eigenvalue weighted by Gasteiger charge is 2.15. The molecule has 0 atom stereocenters. The number of nitrogens with zero attached hydrogens (tertiary/aromatic N) is 1. The van der Waals surface area contributed by atoms with Gasteiger partial charge in [0, 0.05) is 15.7 Å². The molecule has 0 saturated carbocycles. The Morgan fingerprint density at radius 2 is 2.05 bits per heavy atom. The zero-order valence-corrected chi connectivity index (χ0v) is 13.2. The zero-order chi connectivity index (χ0) is 14.0. The Kier molecular flexibility index (Phi) is 4.44. The van der Waals surface area contributed by atoms with Crippen LogP contribution in [0.4, 0.5) is 0 Å². The number of hydrogen-bond donors (Lipinski definition) is 1. The van der Waals surface area contributed by atoms with E-state index >= 15 is 0 Å². The number of hydrogen-bond acceptors (Lipinski definition) is 3. The quantitative estimate of drug-likeness (QED) is 0.798. The Morgan fingerprint density at radius 1 is 1.32 bits per heavy atom. The monoisotopic (exact) mass is 405 g/mol. The van der Waals surface area contributed by atoms with Crippen molar-refractivity contribution in [1.82, 2.24) is 4.98 Å². The Hall–Kier alpha value is -1.11. The number of carboxylic acids is 1. The molecular formula is C12H6Br2ClNO3. The molecule has 1 heterocycles. The van der Waals surface area contributed by atoms with Gasteiger partial charge in [0.05, 0.1) is 4.47 Å². The maximum absolute atomic E-state index is 11.1. The average Bonchev–Trinajstić information content (AvgIpc) is 2.34. The van der Waals surface area contributed by atoms with Gasteiger partial charge in [-0.25, -0.2) is 9.78 Å². The summed E-state index contributed by atoms with van der Waals surface area (Å²) in [7, 11) is 0. The van der Waals surface area contributed by atoms with E-state index in [0.29, 0.717) is 19.7 Å². The average molecular weight is 407 g/mol. The highest BCUT2D eigenvalue weighted by atomic mass is 79.9. The van der Waals surface area contributed by atoms with E-state index in [1.807, 2.05) is 0 Å². The van der Waals surface area contributed by atoms with Crippen LogP contribution in [0.15, 0.2) is 39.4 Å². The molecule has 98 valence electrons. The van der Waals surface area contributed by atoms with Crippen molar-refractivity contribution in [2.75, 3.05) is 0 Å². The molecule has 7 heteroatoms. The fraction of sp³-hybridized carbons (Fsp3) is 0. The van der Waals surface area contributed by atoms with E-state index in [1.54, 1.807) is 18.2 Å². The van der Waals surface area contributed by atoms with E-state index in [4.69, 9.17) is 21.4 Å². The van der Waals surface area contributed by atoms with Crippen LogP contribution in [-0.4, -0.2) is 16.1 Å². The van der Waals surface area contributed by atoms with Gasteiger partial charge in [0.1, 0.15) is 11.3 Å². The first kappa shape index (κ1) is 14.3. The van der Waals surface area contributed by atoms with Gasteiger partial charge in [0.2, 0.25) is 5.88 Å². The molecule has 0 saturated heterocycles.